The summed E-state index contributed by atoms with van der Waals surface area (Å²) in [5.41, 5.74) is 1.20. The maximum absolute atomic E-state index is 5.14. The number of hydrogen-bond donors (Lipinski definition) is 1. The molecule has 0 amide bonds. The second kappa shape index (κ2) is 4.91. The van der Waals surface area contributed by atoms with Gasteiger partial charge in [0.1, 0.15) is 5.75 Å². The lowest BCUT2D eigenvalue weighted by Crippen LogP contribution is -2.10. The van der Waals surface area contributed by atoms with Crippen LogP contribution < -0.4 is 10.1 Å². The van der Waals surface area contributed by atoms with Gasteiger partial charge in [-0.05, 0) is 24.6 Å². The Hall–Kier alpha value is -1.97. The molecule has 1 heterocycles. The highest BCUT2D eigenvalue weighted by atomic mass is 16.5. The van der Waals surface area contributed by atoms with Crippen LogP contribution in [-0.2, 0) is 7.05 Å². The van der Waals surface area contributed by atoms with Crippen LogP contribution >= 0.6 is 0 Å². The van der Waals surface area contributed by atoms with Crippen LogP contribution in [0.1, 0.15) is 18.5 Å². The Morgan fingerprint density at radius 2 is 2.00 bits per heavy atom. The summed E-state index contributed by atoms with van der Waals surface area (Å²) in [4.78, 5) is 4.24. The zero-order valence-electron chi connectivity index (χ0n) is 10.3. The zero-order chi connectivity index (χ0) is 12.3. The van der Waals surface area contributed by atoms with E-state index >= 15 is 0 Å². The van der Waals surface area contributed by atoms with Gasteiger partial charge in [-0.15, -0.1) is 0 Å². The minimum Gasteiger partial charge on any atom is -0.497 e. The van der Waals surface area contributed by atoms with Gasteiger partial charge in [-0.2, -0.15) is 0 Å². The number of methoxy groups -OCH3 is 1. The highest BCUT2D eigenvalue weighted by molar-refractivity contribution is 5.35. The SMILES string of the molecule is COc1ccc(C(C)Nc2nccn2C)cc1. The number of rotatable bonds is 4. The van der Waals surface area contributed by atoms with E-state index in [1.54, 1.807) is 13.3 Å². The molecule has 2 aromatic rings. The predicted molar refractivity (Wildman–Crippen MR) is 68.2 cm³/mol. The summed E-state index contributed by atoms with van der Waals surface area (Å²) in [5, 5.41) is 3.35. The molecule has 1 aromatic carbocycles. The fourth-order valence-corrected chi connectivity index (χ4v) is 1.67. The van der Waals surface area contributed by atoms with Crippen molar-refractivity contribution in [3.63, 3.8) is 0 Å². The van der Waals surface area contributed by atoms with Crippen molar-refractivity contribution in [2.75, 3.05) is 12.4 Å². The molecule has 1 atom stereocenters. The van der Waals surface area contributed by atoms with E-state index < -0.39 is 0 Å². The van der Waals surface area contributed by atoms with Crippen LogP contribution in [0.5, 0.6) is 5.75 Å². The minimum absolute atomic E-state index is 0.210. The standard InChI is InChI=1S/C13H17N3O/c1-10(15-13-14-8-9-16(13)2)11-4-6-12(17-3)7-5-11/h4-10H,1-3H3,(H,14,15). The van der Waals surface area contributed by atoms with Gasteiger partial charge < -0.3 is 14.6 Å². The number of aryl methyl sites for hydroxylation is 1. The topological polar surface area (TPSA) is 39.1 Å². The van der Waals surface area contributed by atoms with Crippen LogP contribution in [0, 0.1) is 0 Å². The van der Waals surface area contributed by atoms with Crippen molar-refractivity contribution < 1.29 is 4.74 Å². The average Bonchev–Trinajstić information content (AvgIpc) is 2.75. The Morgan fingerprint density at radius 1 is 1.29 bits per heavy atom. The number of imidazole rings is 1. The van der Waals surface area contributed by atoms with E-state index in [9.17, 15) is 0 Å². The fourth-order valence-electron chi connectivity index (χ4n) is 1.67. The second-order valence-electron chi connectivity index (χ2n) is 4.00. The number of aromatic nitrogens is 2. The first-order valence-electron chi connectivity index (χ1n) is 5.58. The molecule has 4 nitrogen and oxygen atoms in total. The van der Waals surface area contributed by atoms with Crippen molar-refractivity contribution in [1.29, 1.82) is 0 Å². The van der Waals surface area contributed by atoms with Crippen molar-refractivity contribution >= 4 is 5.95 Å². The maximum atomic E-state index is 5.14. The first-order valence-corrected chi connectivity index (χ1v) is 5.58. The fraction of sp³-hybridized carbons (Fsp3) is 0.308. The van der Waals surface area contributed by atoms with E-state index in [1.165, 1.54) is 5.56 Å². The third-order valence-corrected chi connectivity index (χ3v) is 2.78. The summed E-state index contributed by atoms with van der Waals surface area (Å²) in [6.45, 7) is 2.11. The quantitative estimate of drug-likeness (QED) is 0.879. The lowest BCUT2D eigenvalue weighted by atomic mass is 10.1. The van der Waals surface area contributed by atoms with E-state index in [-0.39, 0.29) is 6.04 Å². The lowest BCUT2D eigenvalue weighted by molar-refractivity contribution is 0.414. The molecule has 0 fully saturated rings. The van der Waals surface area contributed by atoms with Crippen LogP contribution in [0.3, 0.4) is 0 Å². The Labute approximate surface area is 101 Å². The number of benzene rings is 1. The van der Waals surface area contributed by atoms with Crippen molar-refractivity contribution in [3.8, 4) is 5.75 Å². The van der Waals surface area contributed by atoms with E-state index in [0.29, 0.717) is 0 Å². The Bertz CT molecular complexity index is 476. The first kappa shape index (κ1) is 11.5. The van der Waals surface area contributed by atoms with Crippen LogP contribution in [0.2, 0.25) is 0 Å². The van der Waals surface area contributed by atoms with Gasteiger partial charge in [-0.25, -0.2) is 4.98 Å². The second-order valence-corrected chi connectivity index (χ2v) is 4.00. The number of ether oxygens (including phenoxy) is 1. The van der Waals surface area contributed by atoms with Crippen molar-refractivity contribution in [2.45, 2.75) is 13.0 Å². The van der Waals surface area contributed by atoms with Gasteiger partial charge in [0.2, 0.25) is 5.95 Å². The molecule has 0 aliphatic heterocycles. The highest BCUT2D eigenvalue weighted by Crippen LogP contribution is 2.20. The van der Waals surface area contributed by atoms with E-state index in [0.717, 1.165) is 11.7 Å². The van der Waals surface area contributed by atoms with E-state index in [1.807, 2.05) is 29.9 Å². The molecule has 0 aliphatic rings. The summed E-state index contributed by atoms with van der Waals surface area (Å²) in [7, 11) is 3.64. The number of nitrogens with zero attached hydrogens (tertiary/aromatic N) is 2. The molecule has 4 heteroatoms. The average molecular weight is 231 g/mol. The molecular weight excluding hydrogens is 214 g/mol. The third-order valence-electron chi connectivity index (χ3n) is 2.78. The van der Waals surface area contributed by atoms with Gasteiger partial charge in [0.15, 0.2) is 0 Å². The number of anilines is 1. The molecule has 1 N–H and O–H groups in total. The molecule has 17 heavy (non-hydrogen) atoms. The Morgan fingerprint density at radius 3 is 2.53 bits per heavy atom. The minimum atomic E-state index is 0.210. The maximum Gasteiger partial charge on any atom is 0.202 e. The monoisotopic (exact) mass is 231 g/mol. The van der Waals surface area contributed by atoms with Gasteiger partial charge in [-0.3, -0.25) is 0 Å². The van der Waals surface area contributed by atoms with Crippen molar-refractivity contribution in [1.82, 2.24) is 9.55 Å². The van der Waals surface area contributed by atoms with Crippen LogP contribution in [0.25, 0.3) is 0 Å². The first-order chi connectivity index (χ1) is 8.20. The van der Waals surface area contributed by atoms with Gasteiger partial charge in [-0.1, -0.05) is 12.1 Å². The summed E-state index contributed by atoms with van der Waals surface area (Å²) in [5.74, 6) is 1.74. The molecule has 0 bridgehead atoms. The third kappa shape index (κ3) is 2.58. The van der Waals surface area contributed by atoms with Gasteiger partial charge in [0.05, 0.1) is 13.2 Å². The largest absolute Gasteiger partial charge is 0.497 e. The molecule has 2 rings (SSSR count). The number of hydrogen-bond acceptors (Lipinski definition) is 3. The summed E-state index contributed by atoms with van der Waals surface area (Å²) in [6.07, 6.45) is 3.70. The molecule has 1 unspecified atom stereocenters. The molecule has 1 aromatic heterocycles. The Kier molecular flexibility index (Phi) is 3.32. The molecule has 0 aliphatic carbocycles. The molecule has 0 radical (unpaired) electrons. The number of nitrogens with one attached hydrogen (secondary N) is 1. The van der Waals surface area contributed by atoms with Crippen molar-refractivity contribution in [3.05, 3.63) is 42.2 Å². The van der Waals surface area contributed by atoms with E-state index in [4.69, 9.17) is 4.74 Å². The van der Waals surface area contributed by atoms with Gasteiger partial charge in [0.25, 0.3) is 0 Å². The lowest BCUT2D eigenvalue weighted by Gasteiger charge is -2.15. The van der Waals surface area contributed by atoms with Gasteiger partial charge >= 0.3 is 0 Å². The smallest absolute Gasteiger partial charge is 0.202 e. The predicted octanol–water partition coefficient (Wildman–Crippen LogP) is 2.60. The van der Waals surface area contributed by atoms with Crippen LogP contribution in [0.15, 0.2) is 36.7 Å². The molecule has 90 valence electrons. The molecular formula is C13H17N3O. The summed E-state index contributed by atoms with van der Waals surface area (Å²) in [6, 6.07) is 8.25. The van der Waals surface area contributed by atoms with E-state index in [2.05, 4.69) is 29.4 Å². The summed E-state index contributed by atoms with van der Waals surface area (Å²) < 4.78 is 7.10. The Balaban J connectivity index is 2.09. The normalized spacial score (nSPS) is 12.2. The van der Waals surface area contributed by atoms with Gasteiger partial charge in [0, 0.05) is 19.4 Å². The summed E-state index contributed by atoms with van der Waals surface area (Å²) >= 11 is 0. The van der Waals surface area contributed by atoms with Crippen LogP contribution in [0.4, 0.5) is 5.95 Å². The molecule has 0 saturated heterocycles. The molecule has 0 spiro atoms. The van der Waals surface area contributed by atoms with Crippen molar-refractivity contribution in [2.24, 2.45) is 7.05 Å². The molecule has 0 saturated carbocycles. The highest BCUT2D eigenvalue weighted by Gasteiger charge is 2.07. The van der Waals surface area contributed by atoms with Crippen LogP contribution in [-0.4, -0.2) is 16.7 Å². The zero-order valence-corrected chi connectivity index (χ0v) is 10.3.